The zero-order chi connectivity index (χ0) is 14.5. The molecule has 0 N–H and O–H groups in total. The molecular formula is C14H21F2NO3. The molecule has 0 spiro atoms. The Hall–Kier alpha value is -1.04. The van der Waals surface area contributed by atoms with Crippen molar-refractivity contribution in [1.82, 2.24) is 4.90 Å². The molecule has 2 fully saturated rings. The van der Waals surface area contributed by atoms with Gasteiger partial charge in [0.2, 0.25) is 5.91 Å². The molecule has 1 heterocycles. The minimum Gasteiger partial charge on any atom is -0.375 e. The van der Waals surface area contributed by atoms with Crippen LogP contribution in [0.3, 0.4) is 0 Å². The Balaban J connectivity index is 1.80. The maximum atomic E-state index is 12.1. The number of alkyl halides is 2. The molecule has 1 saturated heterocycles. The summed E-state index contributed by atoms with van der Waals surface area (Å²) < 4.78 is 28.6. The van der Waals surface area contributed by atoms with E-state index in [1.54, 1.807) is 4.90 Å². The van der Waals surface area contributed by atoms with Gasteiger partial charge in [0.25, 0.3) is 6.43 Å². The van der Waals surface area contributed by atoms with Crippen molar-refractivity contribution < 1.29 is 23.1 Å². The van der Waals surface area contributed by atoms with Crippen LogP contribution in [0.1, 0.15) is 38.5 Å². The van der Waals surface area contributed by atoms with Gasteiger partial charge in [-0.15, -0.1) is 0 Å². The third-order valence-electron chi connectivity index (χ3n) is 4.14. The summed E-state index contributed by atoms with van der Waals surface area (Å²) in [5, 5.41) is 0. The Morgan fingerprint density at radius 2 is 2.15 bits per heavy atom. The molecular weight excluding hydrogens is 268 g/mol. The predicted molar refractivity (Wildman–Crippen MR) is 68.5 cm³/mol. The highest BCUT2D eigenvalue weighted by atomic mass is 19.3. The van der Waals surface area contributed by atoms with Gasteiger partial charge in [0.05, 0.1) is 13.0 Å². The lowest BCUT2D eigenvalue weighted by Crippen LogP contribution is -2.41. The van der Waals surface area contributed by atoms with Gasteiger partial charge in [-0.3, -0.25) is 9.59 Å². The second kappa shape index (κ2) is 7.11. The zero-order valence-corrected chi connectivity index (χ0v) is 11.5. The van der Waals surface area contributed by atoms with Crippen LogP contribution in [0.2, 0.25) is 0 Å². The highest BCUT2D eigenvalue weighted by molar-refractivity contribution is 5.85. The Bertz CT molecular complexity index is 362. The van der Waals surface area contributed by atoms with Gasteiger partial charge in [0.1, 0.15) is 12.4 Å². The third kappa shape index (κ3) is 3.75. The van der Waals surface area contributed by atoms with Gasteiger partial charge in [-0.1, -0.05) is 0 Å². The van der Waals surface area contributed by atoms with Gasteiger partial charge in [-0.2, -0.15) is 0 Å². The van der Waals surface area contributed by atoms with Crippen LogP contribution in [-0.4, -0.2) is 48.8 Å². The molecule has 2 rings (SSSR count). The number of hydrogen-bond acceptors (Lipinski definition) is 3. The Morgan fingerprint density at radius 1 is 1.35 bits per heavy atom. The molecule has 2 aliphatic rings. The summed E-state index contributed by atoms with van der Waals surface area (Å²) in [6.45, 7) is 0.0605. The van der Waals surface area contributed by atoms with E-state index >= 15 is 0 Å². The standard InChI is InChI=1S/C14H21F2NO3/c15-13(16)9-20-8-6-14(19)17-7-2-4-11(17)10-3-1-5-12(10)18/h10-11,13H,1-9H2. The number of halogens is 2. The number of carbonyl (C=O) groups is 2. The number of ketones is 1. The number of amides is 1. The first-order chi connectivity index (χ1) is 9.59. The van der Waals surface area contributed by atoms with E-state index < -0.39 is 13.0 Å². The van der Waals surface area contributed by atoms with Crippen molar-refractivity contribution in [3.63, 3.8) is 0 Å². The SMILES string of the molecule is O=C1CCCC1C1CCCN1C(=O)CCOCC(F)F. The normalized spacial score (nSPS) is 26.8. The number of carbonyl (C=O) groups excluding carboxylic acids is 2. The minimum atomic E-state index is -2.50. The Morgan fingerprint density at radius 3 is 2.80 bits per heavy atom. The lowest BCUT2D eigenvalue weighted by Gasteiger charge is -2.28. The van der Waals surface area contributed by atoms with Crippen LogP contribution in [0.5, 0.6) is 0 Å². The van der Waals surface area contributed by atoms with Crippen LogP contribution in [0.25, 0.3) is 0 Å². The largest absolute Gasteiger partial charge is 0.375 e. The minimum absolute atomic E-state index is 0.0107. The fourth-order valence-corrected chi connectivity index (χ4v) is 3.25. The lowest BCUT2D eigenvalue weighted by molar-refractivity contribution is -0.135. The van der Waals surface area contributed by atoms with Crippen molar-refractivity contribution in [2.75, 3.05) is 19.8 Å². The van der Waals surface area contributed by atoms with E-state index in [-0.39, 0.29) is 36.7 Å². The smallest absolute Gasteiger partial charge is 0.261 e. The van der Waals surface area contributed by atoms with Gasteiger partial charge in [-0.25, -0.2) is 8.78 Å². The number of hydrogen-bond donors (Lipinski definition) is 0. The maximum absolute atomic E-state index is 12.1. The molecule has 1 aliphatic carbocycles. The van der Waals surface area contributed by atoms with Crippen LogP contribution in [-0.2, 0) is 14.3 Å². The van der Waals surface area contributed by atoms with Crippen LogP contribution < -0.4 is 0 Å². The number of ether oxygens (including phenoxy) is 1. The van der Waals surface area contributed by atoms with Crippen molar-refractivity contribution >= 4 is 11.7 Å². The number of likely N-dealkylation sites (tertiary alicyclic amines) is 1. The van der Waals surface area contributed by atoms with Crippen molar-refractivity contribution in [3.05, 3.63) is 0 Å². The molecule has 0 bridgehead atoms. The molecule has 0 radical (unpaired) electrons. The van der Waals surface area contributed by atoms with Gasteiger partial charge < -0.3 is 9.64 Å². The van der Waals surface area contributed by atoms with Crippen LogP contribution in [0, 0.1) is 5.92 Å². The summed E-state index contributed by atoms with van der Waals surface area (Å²) in [5.41, 5.74) is 0. The molecule has 2 unspecified atom stereocenters. The van der Waals surface area contributed by atoms with Crippen molar-refractivity contribution in [2.24, 2.45) is 5.92 Å². The van der Waals surface area contributed by atoms with E-state index in [9.17, 15) is 18.4 Å². The monoisotopic (exact) mass is 289 g/mol. The Kier molecular flexibility index (Phi) is 5.46. The van der Waals surface area contributed by atoms with E-state index in [1.807, 2.05) is 0 Å². The zero-order valence-electron chi connectivity index (χ0n) is 11.5. The van der Waals surface area contributed by atoms with E-state index in [0.717, 1.165) is 25.7 Å². The summed E-state index contributed by atoms with van der Waals surface area (Å²) in [5.74, 6) is 0.175. The lowest BCUT2D eigenvalue weighted by atomic mass is 9.95. The highest BCUT2D eigenvalue weighted by Gasteiger charge is 2.39. The summed E-state index contributed by atoms with van der Waals surface area (Å²) in [6.07, 6.45) is 1.82. The van der Waals surface area contributed by atoms with Crippen LogP contribution in [0.4, 0.5) is 8.78 Å². The molecule has 1 aliphatic heterocycles. The van der Waals surface area contributed by atoms with Crippen LogP contribution in [0.15, 0.2) is 0 Å². The first-order valence-corrected chi connectivity index (χ1v) is 7.27. The van der Waals surface area contributed by atoms with E-state index in [1.165, 1.54) is 0 Å². The fourth-order valence-electron chi connectivity index (χ4n) is 3.25. The number of rotatable bonds is 6. The average molecular weight is 289 g/mol. The van der Waals surface area contributed by atoms with Crippen LogP contribution >= 0.6 is 0 Å². The van der Waals surface area contributed by atoms with E-state index in [2.05, 4.69) is 0 Å². The summed E-state index contributed by atoms with van der Waals surface area (Å²) in [4.78, 5) is 25.7. The molecule has 6 heteroatoms. The maximum Gasteiger partial charge on any atom is 0.261 e. The second-order valence-electron chi connectivity index (χ2n) is 5.48. The summed E-state index contributed by atoms with van der Waals surface area (Å²) in [7, 11) is 0. The molecule has 1 amide bonds. The Labute approximate surface area is 117 Å². The first kappa shape index (κ1) is 15.4. The average Bonchev–Trinajstić information content (AvgIpc) is 3.02. The van der Waals surface area contributed by atoms with Gasteiger partial charge >= 0.3 is 0 Å². The molecule has 114 valence electrons. The quantitative estimate of drug-likeness (QED) is 0.703. The first-order valence-electron chi connectivity index (χ1n) is 7.27. The second-order valence-corrected chi connectivity index (χ2v) is 5.48. The number of nitrogens with zero attached hydrogens (tertiary/aromatic N) is 1. The van der Waals surface area contributed by atoms with E-state index in [4.69, 9.17) is 4.74 Å². The summed E-state index contributed by atoms with van der Waals surface area (Å²) in [6, 6.07) is 0.0209. The number of Topliss-reactive ketones (excluding diaryl/α,β-unsaturated/α-hetero) is 1. The molecule has 0 aromatic rings. The topological polar surface area (TPSA) is 46.6 Å². The molecule has 1 saturated carbocycles. The predicted octanol–water partition coefficient (Wildman–Crippen LogP) is 2.02. The van der Waals surface area contributed by atoms with Gasteiger partial charge in [-0.05, 0) is 25.7 Å². The fraction of sp³-hybridized carbons (Fsp3) is 0.857. The van der Waals surface area contributed by atoms with Crippen molar-refractivity contribution in [2.45, 2.75) is 51.0 Å². The summed E-state index contributed by atoms with van der Waals surface area (Å²) >= 11 is 0. The van der Waals surface area contributed by atoms with Gasteiger partial charge in [0.15, 0.2) is 0 Å². The van der Waals surface area contributed by atoms with Gasteiger partial charge in [0, 0.05) is 24.9 Å². The van der Waals surface area contributed by atoms with Crippen molar-refractivity contribution in [1.29, 1.82) is 0 Å². The molecule has 0 aromatic carbocycles. The van der Waals surface area contributed by atoms with E-state index in [0.29, 0.717) is 13.0 Å². The highest BCUT2D eigenvalue weighted by Crippen LogP contribution is 2.33. The molecule has 2 atom stereocenters. The van der Waals surface area contributed by atoms with Crippen molar-refractivity contribution in [3.8, 4) is 0 Å². The molecule has 0 aromatic heterocycles. The molecule has 20 heavy (non-hydrogen) atoms. The molecule has 4 nitrogen and oxygen atoms in total. The third-order valence-corrected chi connectivity index (χ3v) is 4.14.